The SMILES string of the molecule is CC(C)CCCCCCNC(=O)CN1C(=O)COc2ccc([N+](=O)[O-])cc21. The van der Waals surface area contributed by atoms with E-state index < -0.39 is 10.8 Å². The third kappa shape index (κ3) is 6.23. The number of benzene rings is 1. The van der Waals surface area contributed by atoms with E-state index >= 15 is 0 Å². The highest BCUT2D eigenvalue weighted by atomic mass is 16.6. The molecule has 27 heavy (non-hydrogen) atoms. The molecule has 0 radical (unpaired) electrons. The van der Waals surface area contributed by atoms with Gasteiger partial charge in [-0.05, 0) is 18.4 Å². The number of nitro benzene ring substituents is 1. The lowest BCUT2D eigenvalue weighted by Crippen LogP contribution is -2.45. The first-order valence-electron chi connectivity index (χ1n) is 9.36. The van der Waals surface area contributed by atoms with E-state index in [-0.39, 0.29) is 30.4 Å². The molecule has 1 heterocycles. The molecule has 1 aliphatic rings. The molecule has 0 saturated carbocycles. The summed E-state index contributed by atoms with van der Waals surface area (Å²) in [6, 6.07) is 4.02. The zero-order valence-corrected chi connectivity index (χ0v) is 15.9. The van der Waals surface area contributed by atoms with Crippen LogP contribution in [-0.2, 0) is 9.59 Å². The molecule has 1 aliphatic heterocycles. The molecule has 0 saturated heterocycles. The molecule has 148 valence electrons. The van der Waals surface area contributed by atoms with Crippen molar-refractivity contribution < 1.29 is 19.2 Å². The Bertz CT molecular complexity index is 690. The smallest absolute Gasteiger partial charge is 0.271 e. The summed E-state index contributed by atoms with van der Waals surface area (Å²) in [6.07, 6.45) is 5.51. The van der Waals surface area contributed by atoms with Crippen molar-refractivity contribution in [1.82, 2.24) is 5.32 Å². The molecule has 0 unspecified atom stereocenters. The van der Waals surface area contributed by atoms with Crippen molar-refractivity contribution in [2.45, 2.75) is 46.0 Å². The van der Waals surface area contributed by atoms with Crippen molar-refractivity contribution in [2.24, 2.45) is 5.92 Å². The number of amides is 2. The van der Waals surface area contributed by atoms with Crippen LogP contribution in [0.4, 0.5) is 11.4 Å². The van der Waals surface area contributed by atoms with E-state index in [9.17, 15) is 19.7 Å². The van der Waals surface area contributed by atoms with Crippen molar-refractivity contribution in [2.75, 3.05) is 24.6 Å². The van der Waals surface area contributed by atoms with Crippen LogP contribution in [0.3, 0.4) is 0 Å². The molecule has 0 atom stereocenters. The molecule has 1 aromatic rings. The number of unbranched alkanes of at least 4 members (excludes halogenated alkanes) is 3. The average Bonchev–Trinajstić information content (AvgIpc) is 2.62. The summed E-state index contributed by atoms with van der Waals surface area (Å²) < 4.78 is 5.29. The van der Waals surface area contributed by atoms with E-state index in [1.165, 1.54) is 35.9 Å². The largest absolute Gasteiger partial charge is 0.482 e. The van der Waals surface area contributed by atoms with E-state index in [1.54, 1.807) is 0 Å². The molecule has 0 fully saturated rings. The van der Waals surface area contributed by atoms with Crippen molar-refractivity contribution in [3.63, 3.8) is 0 Å². The van der Waals surface area contributed by atoms with Gasteiger partial charge in [0.1, 0.15) is 12.3 Å². The predicted molar refractivity (Wildman–Crippen MR) is 102 cm³/mol. The minimum atomic E-state index is -0.545. The molecule has 0 aromatic heterocycles. The summed E-state index contributed by atoms with van der Waals surface area (Å²) in [5.74, 6) is 0.393. The van der Waals surface area contributed by atoms with E-state index in [0.717, 1.165) is 25.2 Å². The van der Waals surface area contributed by atoms with Gasteiger partial charge >= 0.3 is 0 Å². The van der Waals surface area contributed by atoms with E-state index in [1.807, 2.05) is 0 Å². The van der Waals surface area contributed by atoms with Gasteiger partial charge in [-0.2, -0.15) is 0 Å². The molecule has 2 amide bonds. The number of rotatable bonds is 10. The number of hydrogen-bond donors (Lipinski definition) is 1. The Morgan fingerprint density at radius 1 is 1.30 bits per heavy atom. The molecule has 2 rings (SSSR count). The predicted octanol–water partition coefficient (Wildman–Crippen LogP) is 3.04. The first-order chi connectivity index (χ1) is 12.9. The van der Waals surface area contributed by atoms with Crippen LogP contribution < -0.4 is 15.0 Å². The van der Waals surface area contributed by atoms with Gasteiger partial charge in [-0.25, -0.2) is 0 Å². The van der Waals surface area contributed by atoms with Gasteiger partial charge in [-0.15, -0.1) is 0 Å². The van der Waals surface area contributed by atoms with Crippen LogP contribution in [0.1, 0.15) is 46.0 Å². The van der Waals surface area contributed by atoms with Crippen LogP contribution >= 0.6 is 0 Å². The minimum Gasteiger partial charge on any atom is -0.482 e. The summed E-state index contributed by atoms with van der Waals surface area (Å²) in [5, 5.41) is 13.8. The van der Waals surface area contributed by atoms with Gasteiger partial charge in [0.2, 0.25) is 5.91 Å². The van der Waals surface area contributed by atoms with Crippen molar-refractivity contribution in [3.8, 4) is 5.75 Å². The normalized spacial score (nSPS) is 13.3. The van der Waals surface area contributed by atoms with Crippen molar-refractivity contribution in [3.05, 3.63) is 28.3 Å². The van der Waals surface area contributed by atoms with Gasteiger partial charge in [-0.3, -0.25) is 24.6 Å². The number of non-ortho nitro benzene ring substituents is 1. The Hall–Kier alpha value is -2.64. The number of nitrogens with one attached hydrogen (secondary N) is 1. The Balaban J connectivity index is 1.84. The van der Waals surface area contributed by atoms with Gasteiger partial charge in [-0.1, -0.05) is 39.5 Å². The molecule has 0 aliphatic carbocycles. The zero-order valence-electron chi connectivity index (χ0n) is 15.9. The van der Waals surface area contributed by atoms with Crippen LogP contribution in [-0.4, -0.2) is 36.4 Å². The van der Waals surface area contributed by atoms with Crippen molar-refractivity contribution >= 4 is 23.2 Å². The zero-order chi connectivity index (χ0) is 19.8. The first-order valence-corrected chi connectivity index (χ1v) is 9.36. The Kier molecular flexibility index (Phi) is 7.57. The third-order valence-electron chi connectivity index (χ3n) is 4.43. The number of nitro groups is 1. The van der Waals surface area contributed by atoms with E-state index in [2.05, 4.69) is 19.2 Å². The molecule has 1 N–H and O–H groups in total. The van der Waals surface area contributed by atoms with E-state index in [0.29, 0.717) is 12.3 Å². The summed E-state index contributed by atoms with van der Waals surface area (Å²) >= 11 is 0. The van der Waals surface area contributed by atoms with Gasteiger partial charge in [0.05, 0.1) is 10.6 Å². The maximum atomic E-state index is 12.2. The van der Waals surface area contributed by atoms with Crippen LogP contribution in [0.15, 0.2) is 18.2 Å². The number of anilines is 1. The maximum absolute atomic E-state index is 12.2. The summed E-state index contributed by atoms with van der Waals surface area (Å²) in [7, 11) is 0. The second-order valence-corrected chi connectivity index (χ2v) is 7.12. The lowest BCUT2D eigenvalue weighted by Gasteiger charge is -2.28. The number of nitrogens with zero attached hydrogens (tertiary/aromatic N) is 2. The monoisotopic (exact) mass is 377 g/mol. The van der Waals surface area contributed by atoms with Gasteiger partial charge in [0.15, 0.2) is 6.61 Å². The number of carbonyl (C=O) groups is 2. The second kappa shape index (κ2) is 9.89. The summed E-state index contributed by atoms with van der Waals surface area (Å²) in [4.78, 5) is 36.0. The molecule has 8 heteroatoms. The summed E-state index contributed by atoms with van der Waals surface area (Å²) in [5.41, 5.74) is 0.100. The third-order valence-corrected chi connectivity index (χ3v) is 4.43. The average molecular weight is 377 g/mol. The Morgan fingerprint density at radius 2 is 2.04 bits per heavy atom. The highest BCUT2D eigenvalue weighted by Gasteiger charge is 2.29. The highest BCUT2D eigenvalue weighted by Crippen LogP contribution is 2.35. The van der Waals surface area contributed by atoms with Crippen LogP contribution in [0.2, 0.25) is 0 Å². The van der Waals surface area contributed by atoms with Gasteiger partial charge in [0.25, 0.3) is 11.6 Å². The molecule has 0 spiro atoms. The lowest BCUT2D eigenvalue weighted by atomic mass is 10.0. The lowest BCUT2D eigenvalue weighted by molar-refractivity contribution is -0.384. The number of hydrogen-bond acceptors (Lipinski definition) is 5. The highest BCUT2D eigenvalue weighted by molar-refractivity contribution is 6.02. The van der Waals surface area contributed by atoms with Crippen LogP contribution in [0.25, 0.3) is 0 Å². The summed E-state index contributed by atoms with van der Waals surface area (Å²) in [6.45, 7) is 4.61. The fourth-order valence-corrected chi connectivity index (χ4v) is 2.94. The first kappa shape index (κ1) is 20.7. The standard InChI is InChI=1S/C19H27N3O5/c1-14(2)7-5-3-4-6-10-20-18(23)12-21-16-11-15(22(25)26)8-9-17(16)27-13-19(21)24/h8-9,11,14H,3-7,10,12-13H2,1-2H3,(H,20,23). The molecular weight excluding hydrogens is 350 g/mol. The van der Waals surface area contributed by atoms with Crippen molar-refractivity contribution in [1.29, 1.82) is 0 Å². The number of fused-ring (bicyclic) bond motifs is 1. The Labute approximate surface area is 159 Å². The Morgan fingerprint density at radius 3 is 2.74 bits per heavy atom. The van der Waals surface area contributed by atoms with Gasteiger partial charge in [0, 0.05) is 18.7 Å². The van der Waals surface area contributed by atoms with E-state index in [4.69, 9.17) is 4.74 Å². The molecular formula is C19H27N3O5. The topological polar surface area (TPSA) is 102 Å². The fourth-order valence-electron chi connectivity index (χ4n) is 2.94. The van der Waals surface area contributed by atoms with Crippen LogP contribution in [0.5, 0.6) is 5.75 Å². The number of ether oxygens (including phenoxy) is 1. The molecule has 0 bridgehead atoms. The second-order valence-electron chi connectivity index (χ2n) is 7.12. The fraction of sp³-hybridized carbons (Fsp3) is 0.579. The molecule has 8 nitrogen and oxygen atoms in total. The van der Waals surface area contributed by atoms with Gasteiger partial charge < -0.3 is 10.1 Å². The quantitative estimate of drug-likeness (QED) is 0.384. The van der Waals surface area contributed by atoms with Crippen LogP contribution in [0, 0.1) is 16.0 Å². The minimum absolute atomic E-state index is 0.154. The molecule has 1 aromatic carbocycles. The maximum Gasteiger partial charge on any atom is 0.271 e. The number of carbonyl (C=O) groups excluding carboxylic acids is 2.